The van der Waals surface area contributed by atoms with Gasteiger partial charge in [0, 0.05) is 6.04 Å². The normalized spacial score (nSPS) is 31.5. The minimum atomic E-state index is -1.08. The Kier molecular flexibility index (Phi) is 4.45. The third-order valence-electron chi connectivity index (χ3n) is 4.87. The molecule has 0 aromatic carbocycles. The maximum absolute atomic E-state index is 10.4. The summed E-state index contributed by atoms with van der Waals surface area (Å²) in [6.07, 6.45) is 6.70. The fraction of sp³-hybridized carbons (Fsp3) is 1.00. The zero-order valence-electron chi connectivity index (χ0n) is 10.7. The van der Waals surface area contributed by atoms with Gasteiger partial charge in [-0.25, -0.2) is 0 Å². The van der Waals surface area contributed by atoms with Crippen molar-refractivity contribution in [3.05, 3.63) is 0 Å². The Morgan fingerprint density at radius 3 is 2.56 bits per heavy atom. The summed E-state index contributed by atoms with van der Waals surface area (Å²) >= 11 is 0. The highest BCUT2D eigenvalue weighted by Gasteiger charge is 2.37. The first-order valence-electron chi connectivity index (χ1n) is 7.17. The van der Waals surface area contributed by atoms with Crippen LogP contribution in [0.5, 0.6) is 0 Å². The summed E-state index contributed by atoms with van der Waals surface area (Å²) in [5.74, 6) is 0. The number of hydrogen-bond acceptors (Lipinski definition) is 2. The first kappa shape index (κ1) is 12.6. The Hall–Kier alpha value is 0.137. The first-order chi connectivity index (χ1) is 7.76. The molecule has 0 unspecified atom stereocenters. The lowest BCUT2D eigenvalue weighted by Crippen LogP contribution is -2.44. The Bertz CT molecular complexity index is 210. The highest BCUT2D eigenvalue weighted by molar-refractivity contribution is 6.80. The number of nitrogens with one attached hydrogen (secondary N) is 1. The van der Waals surface area contributed by atoms with Crippen LogP contribution in [0.25, 0.3) is 0 Å². The summed E-state index contributed by atoms with van der Waals surface area (Å²) in [4.78, 5) is 0. The van der Waals surface area contributed by atoms with Gasteiger partial charge in [-0.05, 0) is 25.4 Å². The van der Waals surface area contributed by atoms with E-state index in [1.807, 2.05) is 0 Å². The van der Waals surface area contributed by atoms with E-state index in [-0.39, 0.29) is 6.10 Å². The molecule has 16 heavy (non-hydrogen) atoms. The predicted molar refractivity (Wildman–Crippen MR) is 71.5 cm³/mol. The molecule has 2 aliphatic rings. The zero-order chi connectivity index (χ0) is 11.4. The average Bonchev–Trinajstić information content (AvgIpc) is 2.84. The van der Waals surface area contributed by atoms with Gasteiger partial charge in [0.25, 0.3) is 0 Å². The van der Waals surface area contributed by atoms with E-state index in [0.29, 0.717) is 6.04 Å². The quantitative estimate of drug-likeness (QED) is 0.742. The van der Waals surface area contributed by atoms with Crippen molar-refractivity contribution in [3.63, 3.8) is 0 Å². The molecule has 3 heteroatoms. The van der Waals surface area contributed by atoms with Crippen molar-refractivity contribution in [1.82, 2.24) is 5.32 Å². The summed E-state index contributed by atoms with van der Waals surface area (Å²) in [5.41, 5.74) is 0. The molecule has 2 saturated heterocycles. The summed E-state index contributed by atoms with van der Waals surface area (Å²) < 4.78 is 0. The Morgan fingerprint density at radius 2 is 2.00 bits per heavy atom. The fourth-order valence-electron chi connectivity index (χ4n) is 3.63. The molecule has 0 aliphatic carbocycles. The maximum atomic E-state index is 10.4. The summed E-state index contributed by atoms with van der Waals surface area (Å²) in [7, 11) is -1.08. The van der Waals surface area contributed by atoms with Crippen LogP contribution in [0.3, 0.4) is 0 Å². The van der Waals surface area contributed by atoms with Crippen molar-refractivity contribution in [3.8, 4) is 0 Å². The molecule has 2 heterocycles. The van der Waals surface area contributed by atoms with Gasteiger partial charge in [-0.15, -0.1) is 0 Å². The second-order valence-corrected chi connectivity index (χ2v) is 11.0. The van der Waals surface area contributed by atoms with Gasteiger partial charge in [0.15, 0.2) is 0 Å². The molecule has 2 rings (SSSR count). The smallest absolute Gasteiger partial charge is 0.0670 e. The van der Waals surface area contributed by atoms with E-state index in [9.17, 15) is 5.11 Å². The van der Waals surface area contributed by atoms with Gasteiger partial charge in [0.05, 0.1) is 14.2 Å². The van der Waals surface area contributed by atoms with Crippen LogP contribution < -0.4 is 5.32 Å². The van der Waals surface area contributed by atoms with Gasteiger partial charge in [-0.3, -0.25) is 0 Å². The van der Waals surface area contributed by atoms with Crippen molar-refractivity contribution in [2.75, 3.05) is 6.54 Å². The fourth-order valence-corrected chi connectivity index (χ4v) is 8.46. The summed E-state index contributed by atoms with van der Waals surface area (Å²) in [6.45, 7) is 3.48. The topological polar surface area (TPSA) is 32.3 Å². The lowest BCUT2D eigenvalue weighted by Gasteiger charge is -2.37. The maximum Gasteiger partial charge on any atom is 0.0670 e. The van der Waals surface area contributed by atoms with E-state index in [1.54, 1.807) is 0 Å². The van der Waals surface area contributed by atoms with Crippen LogP contribution in [0, 0.1) is 0 Å². The Balaban J connectivity index is 1.89. The molecule has 94 valence electrons. The van der Waals surface area contributed by atoms with Gasteiger partial charge in [0.1, 0.15) is 0 Å². The molecular formula is C13H27NOSi. The molecule has 0 saturated carbocycles. The van der Waals surface area contributed by atoms with E-state index in [2.05, 4.69) is 12.2 Å². The molecule has 0 radical (unpaired) electrons. The van der Waals surface area contributed by atoms with Gasteiger partial charge < -0.3 is 10.4 Å². The molecule has 2 atom stereocenters. The molecule has 2 nitrogen and oxygen atoms in total. The van der Waals surface area contributed by atoms with Crippen molar-refractivity contribution >= 4 is 8.07 Å². The lowest BCUT2D eigenvalue weighted by molar-refractivity contribution is 0.152. The molecular weight excluding hydrogens is 214 g/mol. The molecule has 0 bridgehead atoms. The summed E-state index contributed by atoms with van der Waals surface area (Å²) in [6, 6.07) is 5.93. The molecule has 0 spiro atoms. The predicted octanol–water partition coefficient (Wildman–Crippen LogP) is 2.75. The highest BCUT2D eigenvalue weighted by Crippen LogP contribution is 2.36. The minimum Gasteiger partial charge on any atom is -0.392 e. The number of aliphatic hydroxyl groups is 1. The number of aliphatic hydroxyl groups excluding tert-OH is 1. The van der Waals surface area contributed by atoms with Crippen molar-refractivity contribution < 1.29 is 5.11 Å². The van der Waals surface area contributed by atoms with Crippen LogP contribution in [0.2, 0.25) is 24.2 Å². The third kappa shape index (κ3) is 2.87. The molecule has 2 N–H and O–H groups in total. The Labute approximate surface area is 101 Å². The van der Waals surface area contributed by atoms with Gasteiger partial charge in [0.2, 0.25) is 0 Å². The second kappa shape index (κ2) is 5.65. The Morgan fingerprint density at radius 1 is 1.25 bits per heavy atom. The first-order valence-corrected chi connectivity index (χ1v) is 10.0. The standard InChI is InChI=1S/C13H27NOSi/c1-2-16(9-4-3-5-10-16)11-13(15)12-7-6-8-14-12/h12-15H,2-11H2,1H3/t12-,13+/m0/s1. The van der Waals surface area contributed by atoms with Gasteiger partial charge in [-0.1, -0.05) is 44.3 Å². The van der Waals surface area contributed by atoms with E-state index in [4.69, 9.17) is 0 Å². The lowest BCUT2D eigenvalue weighted by atomic mass is 10.1. The van der Waals surface area contributed by atoms with E-state index in [1.165, 1.54) is 56.3 Å². The van der Waals surface area contributed by atoms with E-state index in [0.717, 1.165) is 6.54 Å². The van der Waals surface area contributed by atoms with Gasteiger partial charge >= 0.3 is 0 Å². The SMILES string of the molecule is CC[Si]1(C[C@@H](O)[C@@H]2CCCN2)CCCCC1. The molecule has 0 aromatic heterocycles. The number of hydrogen-bond donors (Lipinski definition) is 2. The van der Waals surface area contributed by atoms with Crippen LogP contribution in [-0.2, 0) is 0 Å². The monoisotopic (exact) mass is 241 g/mol. The molecule has 0 aromatic rings. The van der Waals surface area contributed by atoms with Crippen LogP contribution in [-0.4, -0.2) is 31.9 Å². The molecule has 0 amide bonds. The van der Waals surface area contributed by atoms with Crippen LogP contribution in [0.15, 0.2) is 0 Å². The zero-order valence-corrected chi connectivity index (χ0v) is 11.7. The largest absolute Gasteiger partial charge is 0.392 e. The summed E-state index contributed by atoms with van der Waals surface area (Å²) in [5, 5.41) is 13.8. The van der Waals surface area contributed by atoms with E-state index < -0.39 is 8.07 Å². The van der Waals surface area contributed by atoms with Gasteiger partial charge in [-0.2, -0.15) is 0 Å². The van der Waals surface area contributed by atoms with Crippen molar-refractivity contribution in [2.24, 2.45) is 0 Å². The van der Waals surface area contributed by atoms with Crippen LogP contribution >= 0.6 is 0 Å². The second-order valence-electron chi connectivity index (χ2n) is 5.89. The van der Waals surface area contributed by atoms with Crippen LogP contribution in [0.4, 0.5) is 0 Å². The highest BCUT2D eigenvalue weighted by atomic mass is 28.3. The average molecular weight is 241 g/mol. The number of rotatable bonds is 4. The van der Waals surface area contributed by atoms with E-state index >= 15 is 0 Å². The van der Waals surface area contributed by atoms with Crippen molar-refractivity contribution in [2.45, 2.75) is 75.4 Å². The van der Waals surface area contributed by atoms with Crippen LogP contribution in [0.1, 0.15) is 39.0 Å². The van der Waals surface area contributed by atoms with Crippen molar-refractivity contribution in [1.29, 1.82) is 0 Å². The molecule has 2 fully saturated rings. The third-order valence-corrected chi connectivity index (χ3v) is 10.5. The molecule has 2 aliphatic heterocycles. The minimum absolute atomic E-state index is 0.0489.